The Labute approximate surface area is 249 Å². The normalized spacial score (nSPS) is 16.9. The number of benzene rings is 2. The number of amides is 1. The number of rotatable bonds is 11. The molecule has 0 aromatic heterocycles. The lowest BCUT2D eigenvalue weighted by Gasteiger charge is -2.35. The van der Waals surface area contributed by atoms with Crippen LogP contribution in [-0.4, -0.2) is 54.0 Å². The van der Waals surface area contributed by atoms with Crippen molar-refractivity contribution in [3.8, 4) is 0 Å². The van der Waals surface area contributed by atoms with E-state index in [9.17, 15) is 14.4 Å². The fourth-order valence-electron chi connectivity index (χ4n) is 4.71. The summed E-state index contributed by atoms with van der Waals surface area (Å²) >= 11 is 0. The van der Waals surface area contributed by atoms with Crippen LogP contribution in [-0.2, 0) is 41.6 Å². The first-order chi connectivity index (χ1) is 19.9. The Morgan fingerprint density at radius 2 is 1.64 bits per heavy atom. The molecule has 42 heavy (non-hydrogen) atoms. The average molecular weight is 578 g/mol. The molecule has 8 heteroatoms. The molecule has 1 fully saturated rings. The fourth-order valence-corrected chi connectivity index (χ4v) is 4.71. The zero-order valence-electron chi connectivity index (χ0n) is 25.6. The molecule has 0 spiro atoms. The minimum absolute atomic E-state index is 0.0560. The van der Waals surface area contributed by atoms with Crippen molar-refractivity contribution < 1.29 is 33.3 Å². The Hall–Kier alpha value is -3.91. The van der Waals surface area contributed by atoms with Crippen molar-refractivity contribution >= 4 is 24.1 Å². The van der Waals surface area contributed by atoms with Crippen LogP contribution in [0.3, 0.4) is 0 Å². The lowest BCUT2D eigenvalue weighted by atomic mass is 10.00. The summed E-state index contributed by atoms with van der Waals surface area (Å²) in [5.41, 5.74) is 1.11. The third-order valence-corrected chi connectivity index (χ3v) is 6.77. The van der Waals surface area contributed by atoms with Crippen LogP contribution in [0, 0.1) is 0 Å². The molecule has 1 saturated heterocycles. The zero-order chi connectivity index (χ0) is 30.8. The highest BCUT2D eigenvalue weighted by Gasteiger charge is 2.45. The van der Waals surface area contributed by atoms with Crippen molar-refractivity contribution in [1.82, 2.24) is 4.90 Å². The minimum Gasteiger partial charge on any atom is -0.465 e. The SMILES string of the molecule is COC(=O)/C(=C\c1ccccc1CC/C=C/CC[C@H]1COC(C)(C)N1C(=O)OC(C)(C)C)C(=O)OCc1ccccc1. The van der Waals surface area contributed by atoms with Crippen LogP contribution in [0.25, 0.3) is 6.08 Å². The van der Waals surface area contributed by atoms with E-state index < -0.39 is 23.3 Å². The summed E-state index contributed by atoms with van der Waals surface area (Å²) in [6.45, 7) is 9.86. The van der Waals surface area contributed by atoms with Gasteiger partial charge in [0.15, 0.2) is 0 Å². The van der Waals surface area contributed by atoms with E-state index in [1.165, 1.54) is 13.2 Å². The summed E-state index contributed by atoms with van der Waals surface area (Å²) in [4.78, 5) is 39.8. The fraction of sp³-hybridized carbons (Fsp3) is 0.441. The van der Waals surface area contributed by atoms with Gasteiger partial charge in [0.1, 0.15) is 23.5 Å². The highest BCUT2D eigenvalue weighted by Crippen LogP contribution is 2.31. The second kappa shape index (κ2) is 14.8. The van der Waals surface area contributed by atoms with Crippen LogP contribution in [0.4, 0.5) is 4.79 Å². The lowest BCUT2D eigenvalue weighted by Crippen LogP contribution is -2.49. The predicted octanol–water partition coefficient (Wildman–Crippen LogP) is 6.63. The molecule has 0 aliphatic carbocycles. The minimum atomic E-state index is -0.748. The molecule has 2 aromatic rings. The van der Waals surface area contributed by atoms with Crippen molar-refractivity contribution in [2.45, 2.75) is 84.3 Å². The van der Waals surface area contributed by atoms with Crippen molar-refractivity contribution in [2.75, 3.05) is 13.7 Å². The van der Waals surface area contributed by atoms with Crippen LogP contribution in [0.15, 0.2) is 72.3 Å². The van der Waals surface area contributed by atoms with E-state index in [2.05, 4.69) is 12.2 Å². The van der Waals surface area contributed by atoms with Crippen molar-refractivity contribution in [3.63, 3.8) is 0 Å². The number of carbonyl (C=O) groups excluding carboxylic acids is 3. The first kappa shape index (κ1) is 32.6. The van der Waals surface area contributed by atoms with E-state index in [4.69, 9.17) is 18.9 Å². The molecule has 0 bridgehead atoms. The maximum atomic E-state index is 12.8. The molecule has 0 radical (unpaired) electrons. The van der Waals surface area contributed by atoms with Gasteiger partial charge in [-0.2, -0.15) is 0 Å². The molecule has 1 aliphatic rings. The number of allylic oxidation sites excluding steroid dienone is 2. The van der Waals surface area contributed by atoms with Gasteiger partial charge >= 0.3 is 18.0 Å². The van der Waals surface area contributed by atoms with Crippen molar-refractivity contribution in [2.24, 2.45) is 0 Å². The number of aryl methyl sites for hydroxylation is 1. The zero-order valence-corrected chi connectivity index (χ0v) is 25.6. The van der Waals surface area contributed by atoms with Gasteiger partial charge in [0, 0.05) is 0 Å². The topological polar surface area (TPSA) is 91.4 Å². The molecule has 0 unspecified atom stereocenters. The number of carbonyl (C=O) groups is 3. The molecule has 2 aromatic carbocycles. The third kappa shape index (κ3) is 9.58. The maximum absolute atomic E-state index is 12.8. The second-order valence-corrected chi connectivity index (χ2v) is 11.7. The van der Waals surface area contributed by atoms with E-state index in [0.717, 1.165) is 36.0 Å². The summed E-state index contributed by atoms with van der Waals surface area (Å²) < 4.78 is 21.8. The van der Waals surface area contributed by atoms with Crippen molar-refractivity contribution in [1.29, 1.82) is 0 Å². The molecular weight excluding hydrogens is 534 g/mol. The smallest absolute Gasteiger partial charge is 0.412 e. The van der Waals surface area contributed by atoms with E-state index in [1.807, 2.05) is 89.2 Å². The van der Waals surface area contributed by atoms with Gasteiger partial charge in [-0.15, -0.1) is 0 Å². The Balaban J connectivity index is 1.59. The Kier molecular flexibility index (Phi) is 11.5. The number of esters is 2. The van der Waals surface area contributed by atoms with E-state index in [-0.39, 0.29) is 24.3 Å². The number of hydrogen-bond donors (Lipinski definition) is 0. The Morgan fingerprint density at radius 1 is 0.976 bits per heavy atom. The summed E-state index contributed by atoms with van der Waals surface area (Å²) in [5.74, 6) is -1.48. The largest absolute Gasteiger partial charge is 0.465 e. The Bertz CT molecular complexity index is 1270. The third-order valence-electron chi connectivity index (χ3n) is 6.77. The number of hydrogen-bond acceptors (Lipinski definition) is 7. The molecule has 0 saturated carbocycles. The first-order valence-corrected chi connectivity index (χ1v) is 14.3. The average Bonchev–Trinajstić information content (AvgIpc) is 3.25. The molecule has 0 N–H and O–H groups in total. The van der Waals surface area contributed by atoms with Crippen LogP contribution in [0.1, 0.15) is 70.6 Å². The predicted molar refractivity (Wildman–Crippen MR) is 161 cm³/mol. The molecular formula is C34H43NO7. The molecule has 1 heterocycles. The Morgan fingerprint density at radius 3 is 2.33 bits per heavy atom. The summed E-state index contributed by atoms with van der Waals surface area (Å²) in [6, 6.07) is 16.8. The van der Waals surface area contributed by atoms with E-state index in [1.54, 1.807) is 4.90 Å². The molecule has 226 valence electrons. The standard InChI is InChI=1S/C34H43NO7/c1-33(2,3)42-32(38)35-28(24-41-34(35,4)5)21-13-8-7-12-18-26-19-14-15-20-27(26)22-29(30(36)39-6)31(37)40-23-25-16-10-9-11-17-25/h7-11,14-17,19-20,22,28H,12-13,18,21,23-24H2,1-6H3/b8-7+,29-22+/t28-/m0/s1. The summed E-state index contributed by atoms with van der Waals surface area (Å²) in [7, 11) is 1.24. The van der Waals surface area contributed by atoms with Gasteiger partial charge in [-0.05, 0) is 83.1 Å². The number of methoxy groups -OCH3 is 1. The number of nitrogens with zero attached hydrogens (tertiary/aromatic N) is 1. The molecule has 1 amide bonds. The van der Waals surface area contributed by atoms with Gasteiger partial charge in [-0.25, -0.2) is 14.4 Å². The van der Waals surface area contributed by atoms with Crippen LogP contribution in [0.5, 0.6) is 0 Å². The van der Waals surface area contributed by atoms with E-state index >= 15 is 0 Å². The van der Waals surface area contributed by atoms with Gasteiger partial charge in [0.25, 0.3) is 0 Å². The van der Waals surface area contributed by atoms with Gasteiger partial charge in [0.2, 0.25) is 0 Å². The quantitative estimate of drug-likeness (QED) is 0.0740. The summed E-state index contributed by atoms with van der Waals surface area (Å²) in [5, 5.41) is 0. The van der Waals surface area contributed by atoms with Gasteiger partial charge in [-0.1, -0.05) is 66.7 Å². The van der Waals surface area contributed by atoms with Crippen LogP contribution in [0.2, 0.25) is 0 Å². The first-order valence-electron chi connectivity index (χ1n) is 14.3. The van der Waals surface area contributed by atoms with Gasteiger partial charge in [-0.3, -0.25) is 4.90 Å². The van der Waals surface area contributed by atoms with Crippen molar-refractivity contribution in [3.05, 3.63) is 89.0 Å². The molecule has 1 atom stereocenters. The lowest BCUT2D eigenvalue weighted by molar-refractivity contribution is -0.146. The highest BCUT2D eigenvalue weighted by atomic mass is 16.6. The monoisotopic (exact) mass is 577 g/mol. The van der Waals surface area contributed by atoms with Gasteiger partial charge in [0.05, 0.1) is 19.8 Å². The van der Waals surface area contributed by atoms with Crippen LogP contribution >= 0.6 is 0 Å². The maximum Gasteiger partial charge on any atom is 0.412 e. The highest BCUT2D eigenvalue weighted by molar-refractivity contribution is 6.17. The summed E-state index contributed by atoms with van der Waals surface area (Å²) in [6.07, 6.45) is 8.40. The van der Waals surface area contributed by atoms with Gasteiger partial charge < -0.3 is 18.9 Å². The number of ether oxygens (including phenoxy) is 4. The van der Waals surface area contributed by atoms with Crippen LogP contribution < -0.4 is 0 Å². The van der Waals surface area contributed by atoms with E-state index in [0.29, 0.717) is 13.0 Å². The molecule has 1 aliphatic heterocycles. The molecule has 8 nitrogen and oxygen atoms in total. The molecule has 3 rings (SSSR count). The second-order valence-electron chi connectivity index (χ2n) is 11.7.